The standard InChI is InChI=1S/C27H37N7O4/c1-17(2)21-16-29-33-23(14-22(31-24(21)33)30-18-11-12-27(6,7)28-15-18)32(25(35)38-26(3,4)5)19-9-8-10-20(13-19)34(36)37/h8-10,13-14,16-18,28H,11-12,15H2,1-7H3,(H,30,31)/t18-/m1/s1. The van der Waals surface area contributed by atoms with Gasteiger partial charge >= 0.3 is 6.09 Å². The number of piperidine rings is 1. The fourth-order valence-electron chi connectivity index (χ4n) is 4.45. The van der Waals surface area contributed by atoms with Crippen LogP contribution in [0.25, 0.3) is 5.65 Å². The first-order chi connectivity index (χ1) is 17.7. The van der Waals surface area contributed by atoms with E-state index in [2.05, 4.69) is 43.4 Å². The maximum absolute atomic E-state index is 13.6. The predicted octanol–water partition coefficient (Wildman–Crippen LogP) is 5.78. The lowest BCUT2D eigenvalue weighted by molar-refractivity contribution is -0.384. The number of non-ortho nitro benzene ring substituents is 1. The first-order valence-corrected chi connectivity index (χ1v) is 12.9. The van der Waals surface area contributed by atoms with Gasteiger partial charge in [-0.1, -0.05) is 19.9 Å². The Morgan fingerprint density at radius 2 is 2.05 bits per heavy atom. The molecule has 0 saturated carbocycles. The summed E-state index contributed by atoms with van der Waals surface area (Å²) >= 11 is 0. The Kier molecular flexibility index (Phi) is 7.33. The SMILES string of the molecule is CC(C)c1cnn2c(N(C(=O)OC(C)(C)C)c3cccc([N+](=O)[O-])c3)cc(N[C@@H]3CCC(C)(C)NC3)nc12. The summed E-state index contributed by atoms with van der Waals surface area (Å²) in [4.78, 5) is 30.9. The van der Waals surface area contributed by atoms with Crippen LogP contribution in [0.4, 0.5) is 27.8 Å². The van der Waals surface area contributed by atoms with Crippen molar-refractivity contribution in [3.63, 3.8) is 0 Å². The van der Waals surface area contributed by atoms with Crippen LogP contribution in [0.1, 0.15) is 72.8 Å². The van der Waals surface area contributed by atoms with Crippen LogP contribution in [0.3, 0.4) is 0 Å². The molecule has 204 valence electrons. The Labute approximate surface area is 222 Å². The van der Waals surface area contributed by atoms with Crippen molar-refractivity contribution in [2.45, 2.75) is 84.4 Å². The molecule has 1 amide bonds. The van der Waals surface area contributed by atoms with Crippen LogP contribution in [0.15, 0.2) is 36.5 Å². The smallest absolute Gasteiger partial charge is 0.420 e. The molecule has 0 unspecified atom stereocenters. The van der Waals surface area contributed by atoms with Crippen LogP contribution in [0.5, 0.6) is 0 Å². The van der Waals surface area contributed by atoms with E-state index in [9.17, 15) is 14.9 Å². The number of nitrogens with zero attached hydrogens (tertiary/aromatic N) is 5. The van der Waals surface area contributed by atoms with Gasteiger partial charge in [0.1, 0.15) is 17.2 Å². The van der Waals surface area contributed by atoms with E-state index in [4.69, 9.17) is 9.72 Å². The van der Waals surface area contributed by atoms with Gasteiger partial charge in [-0.2, -0.15) is 9.61 Å². The van der Waals surface area contributed by atoms with E-state index in [0.29, 0.717) is 17.3 Å². The lowest BCUT2D eigenvalue weighted by Gasteiger charge is -2.36. The molecule has 11 nitrogen and oxygen atoms in total. The Bertz CT molecular complexity index is 1330. The van der Waals surface area contributed by atoms with Gasteiger partial charge in [-0.3, -0.25) is 10.1 Å². The van der Waals surface area contributed by atoms with E-state index in [1.807, 2.05) is 0 Å². The molecule has 1 aromatic carbocycles. The molecular weight excluding hydrogens is 486 g/mol. The second-order valence-electron chi connectivity index (χ2n) is 11.7. The summed E-state index contributed by atoms with van der Waals surface area (Å²) in [6, 6.07) is 7.80. The highest BCUT2D eigenvalue weighted by Crippen LogP contribution is 2.34. The summed E-state index contributed by atoms with van der Waals surface area (Å²) in [6.07, 6.45) is 3.02. The zero-order valence-electron chi connectivity index (χ0n) is 23.1. The van der Waals surface area contributed by atoms with Crippen LogP contribution in [-0.4, -0.2) is 49.3 Å². The Morgan fingerprint density at radius 3 is 2.66 bits per heavy atom. The fraction of sp³-hybridized carbons (Fsp3) is 0.519. The van der Waals surface area contributed by atoms with E-state index in [1.165, 1.54) is 17.0 Å². The van der Waals surface area contributed by atoms with Crippen LogP contribution in [0, 0.1) is 10.1 Å². The van der Waals surface area contributed by atoms with Gasteiger partial charge in [-0.15, -0.1) is 0 Å². The van der Waals surface area contributed by atoms with Crippen LogP contribution in [-0.2, 0) is 4.74 Å². The minimum absolute atomic E-state index is 0.0759. The molecule has 0 radical (unpaired) electrons. The average Bonchev–Trinajstić information content (AvgIpc) is 3.24. The number of fused-ring (bicyclic) bond motifs is 1. The highest BCUT2D eigenvalue weighted by atomic mass is 16.6. The summed E-state index contributed by atoms with van der Waals surface area (Å²) in [5.41, 5.74) is 0.946. The number of nitrogens with one attached hydrogen (secondary N) is 2. The van der Waals surface area contributed by atoms with E-state index in [1.54, 1.807) is 49.7 Å². The molecule has 1 aliphatic heterocycles. The minimum Gasteiger partial charge on any atom is -0.443 e. The molecule has 1 atom stereocenters. The summed E-state index contributed by atoms with van der Waals surface area (Å²) in [7, 11) is 0. The highest BCUT2D eigenvalue weighted by Gasteiger charge is 2.31. The Hall–Kier alpha value is -3.73. The van der Waals surface area contributed by atoms with Crippen LogP contribution < -0.4 is 15.5 Å². The molecule has 11 heteroatoms. The monoisotopic (exact) mass is 523 g/mol. The van der Waals surface area contributed by atoms with Crippen molar-refractivity contribution in [2.24, 2.45) is 0 Å². The maximum atomic E-state index is 13.6. The van der Waals surface area contributed by atoms with Crippen molar-refractivity contribution in [1.82, 2.24) is 19.9 Å². The highest BCUT2D eigenvalue weighted by molar-refractivity contribution is 5.96. The van der Waals surface area contributed by atoms with E-state index in [0.717, 1.165) is 24.9 Å². The summed E-state index contributed by atoms with van der Waals surface area (Å²) < 4.78 is 7.34. The summed E-state index contributed by atoms with van der Waals surface area (Å²) in [5.74, 6) is 1.08. The topological polar surface area (TPSA) is 127 Å². The third-order valence-corrected chi connectivity index (χ3v) is 6.50. The third kappa shape index (κ3) is 6.04. The van der Waals surface area contributed by atoms with E-state index in [-0.39, 0.29) is 28.9 Å². The molecule has 1 saturated heterocycles. The maximum Gasteiger partial charge on any atom is 0.420 e. The third-order valence-electron chi connectivity index (χ3n) is 6.50. The number of hydrogen-bond acceptors (Lipinski definition) is 8. The van der Waals surface area contributed by atoms with Gasteiger partial charge in [0.25, 0.3) is 5.69 Å². The van der Waals surface area contributed by atoms with Gasteiger partial charge < -0.3 is 15.4 Å². The number of amides is 1. The number of carbonyl (C=O) groups is 1. The molecule has 2 N–H and O–H groups in total. The first-order valence-electron chi connectivity index (χ1n) is 12.9. The number of hydrogen-bond donors (Lipinski definition) is 2. The van der Waals surface area contributed by atoms with E-state index >= 15 is 0 Å². The quantitative estimate of drug-likeness (QED) is 0.308. The van der Waals surface area contributed by atoms with Crippen molar-refractivity contribution in [2.75, 3.05) is 16.8 Å². The molecule has 0 aliphatic carbocycles. The zero-order chi connectivity index (χ0) is 27.8. The fourth-order valence-corrected chi connectivity index (χ4v) is 4.45. The van der Waals surface area contributed by atoms with Crippen molar-refractivity contribution in [3.05, 3.63) is 52.2 Å². The number of carbonyl (C=O) groups excluding carboxylic acids is 1. The van der Waals surface area contributed by atoms with Gasteiger partial charge in [-0.05, 0) is 59.4 Å². The Balaban J connectivity index is 1.87. The van der Waals surface area contributed by atoms with Crippen molar-refractivity contribution in [3.8, 4) is 0 Å². The number of benzene rings is 1. The number of anilines is 3. The van der Waals surface area contributed by atoms with Gasteiger partial charge in [0, 0.05) is 41.9 Å². The van der Waals surface area contributed by atoms with Gasteiger partial charge in [0.05, 0.1) is 16.8 Å². The van der Waals surface area contributed by atoms with Gasteiger partial charge in [-0.25, -0.2) is 14.7 Å². The lowest BCUT2D eigenvalue weighted by atomic mass is 9.91. The molecular formula is C27H37N7O4. The molecule has 3 aromatic rings. The largest absolute Gasteiger partial charge is 0.443 e. The summed E-state index contributed by atoms with van der Waals surface area (Å²) in [5, 5.41) is 23.2. The molecule has 0 spiro atoms. The molecule has 4 rings (SSSR count). The number of aromatic nitrogens is 3. The zero-order valence-corrected chi connectivity index (χ0v) is 23.1. The molecule has 38 heavy (non-hydrogen) atoms. The predicted molar refractivity (Wildman–Crippen MR) is 147 cm³/mol. The molecule has 3 heterocycles. The normalized spacial score (nSPS) is 17.4. The van der Waals surface area contributed by atoms with Gasteiger partial charge in [0.2, 0.25) is 0 Å². The van der Waals surface area contributed by atoms with Crippen molar-refractivity contribution in [1.29, 1.82) is 0 Å². The minimum atomic E-state index is -0.795. The number of ether oxygens (including phenoxy) is 1. The average molecular weight is 524 g/mol. The first kappa shape index (κ1) is 27.3. The lowest BCUT2D eigenvalue weighted by Crippen LogP contribution is -2.50. The van der Waals surface area contributed by atoms with Crippen molar-refractivity contribution >= 4 is 34.8 Å². The second-order valence-corrected chi connectivity index (χ2v) is 11.7. The second kappa shape index (κ2) is 10.2. The Morgan fingerprint density at radius 1 is 1.32 bits per heavy atom. The van der Waals surface area contributed by atoms with Crippen LogP contribution >= 0.6 is 0 Å². The van der Waals surface area contributed by atoms with Crippen LogP contribution in [0.2, 0.25) is 0 Å². The van der Waals surface area contributed by atoms with Crippen molar-refractivity contribution < 1.29 is 14.5 Å². The molecule has 0 bridgehead atoms. The summed E-state index contributed by atoms with van der Waals surface area (Å²) in [6.45, 7) is 14.6. The number of nitro groups is 1. The number of rotatable bonds is 6. The number of nitro benzene ring substituents is 1. The van der Waals surface area contributed by atoms with Gasteiger partial charge in [0.15, 0.2) is 5.65 Å². The van der Waals surface area contributed by atoms with E-state index < -0.39 is 16.6 Å². The molecule has 1 aliphatic rings. The molecule has 2 aromatic heterocycles. The molecule has 1 fully saturated rings.